The topological polar surface area (TPSA) is 49.0 Å². The van der Waals surface area contributed by atoms with Gasteiger partial charge in [0.1, 0.15) is 6.61 Å². The lowest BCUT2D eigenvalue weighted by Gasteiger charge is -2.12. The molecule has 0 spiro atoms. The summed E-state index contributed by atoms with van der Waals surface area (Å²) in [5, 5.41) is 5.49. The molecule has 0 saturated heterocycles. The van der Waals surface area contributed by atoms with E-state index in [0.29, 0.717) is 13.4 Å². The number of fused-ring (bicyclic) bond motifs is 1. The summed E-state index contributed by atoms with van der Waals surface area (Å²) in [4.78, 5) is 1.19. The van der Waals surface area contributed by atoms with Gasteiger partial charge < -0.3 is 24.3 Å². The molecule has 1 N–H and O–H groups in total. The van der Waals surface area contributed by atoms with Crippen LogP contribution in [0.1, 0.15) is 16.0 Å². The predicted octanol–water partition coefficient (Wildman–Crippen LogP) is 4.35. The van der Waals surface area contributed by atoms with Crippen LogP contribution >= 0.6 is 11.3 Å². The minimum Gasteiger partial charge on any atom is -0.493 e. The Morgan fingerprint density at radius 2 is 1.78 bits per heavy atom. The molecule has 0 fully saturated rings. The van der Waals surface area contributed by atoms with Crippen LogP contribution in [0, 0.1) is 0 Å². The lowest BCUT2D eigenvalue weighted by molar-refractivity contribution is 0.174. The van der Waals surface area contributed by atoms with Gasteiger partial charge in [0.05, 0.1) is 7.11 Å². The Balaban J connectivity index is 1.33. The fraction of sp³-hybridized carbons (Fsp3) is 0.238. The highest BCUT2D eigenvalue weighted by Gasteiger charge is 2.13. The number of rotatable bonds is 8. The van der Waals surface area contributed by atoms with E-state index >= 15 is 0 Å². The molecule has 5 nitrogen and oxygen atoms in total. The molecule has 0 unspecified atom stereocenters. The number of benzene rings is 2. The summed E-state index contributed by atoms with van der Waals surface area (Å²) in [7, 11) is 1.66. The van der Waals surface area contributed by atoms with Crippen molar-refractivity contribution in [3.63, 3.8) is 0 Å². The Kier molecular flexibility index (Phi) is 5.46. The third kappa shape index (κ3) is 4.35. The first-order valence-corrected chi connectivity index (χ1v) is 9.61. The van der Waals surface area contributed by atoms with Crippen molar-refractivity contribution in [3.8, 4) is 23.0 Å². The van der Waals surface area contributed by atoms with Gasteiger partial charge in [0.15, 0.2) is 23.0 Å². The van der Waals surface area contributed by atoms with Crippen molar-refractivity contribution >= 4 is 11.3 Å². The predicted molar refractivity (Wildman–Crippen MR) is 105 cm³/mol. The van der Waals surface area contributed by atoms with Crippen LogP contribution in [0.5, 0.6) is 23.0 Å². The van der Waals surface area contributed by atoms with Crippen molar-refractivity contribution in [3.05, 3.63) is 69.9 Å². The molecule has 2 aromatic carbocycles. The number of hydrogen-bond acceptors (Lipinski definition) is 6. The van der Waals surface area contributed by atoms with Gasteiger partial charge in [-0.1, -0.05) is 18.2 Å². The number of methoxy groups -OCH3 is 1. The summed E-state index contributed by atoms with van der Waals surface area (Å²) >= 11 is 1.68. The molecule has 0 bridgehead atoms. The van der Waals surface area contributed by atoms with Crippen LogP contribution in [-0.4, -0.2) is 13.9 Å². The Morgan fingerprint density at radius 1 is 0.963 bits per heavy atom. The Morgan fingerprint density at radius 3 is 2.59 bits per heavy atom. The van der Waals surface area contributed by atoms with E-state index in [2.05, 4.69) is 17.4 Å². The van der Waals surface area contributed by atoms with Crippen LogP contribution in [0.25, 0.3) is 0 Å². The van der Waals surface area contributed by atoms with Crippen LogP contribution in [0.2, 0.25) is 0 Å². The first-order valence-electron chi connectivity index (χ1n) is 8.73. The lowest BCUT2D eigenvalue weighted by Crippen LogP contribution is -2.12. The van der Waals surface area contributed by atoms with Gasteiger partial charge in [-0.25, -0.2) is 0 Å². The molecule has 0 aliphatic carbocycles. The quantitative estimate of drug-likeness (QED) is 0.627. The first-order chi connectivity index (χ1) is 13.3. The van der Waals surface area contributed by atoms with Gasteiger partial charge >= 0.3 is 0 Å². The van der Waals surface area contributed by atoms with Gasteiger partial charge in [-0.05, 0) is 46.8 Å². The molecule has 0 amide bonds. The fourth-order valence-corrected chi connectivity index (χ4v) is 3.50. The molecule has 0 radical (unpaired) electrons. The number of hydrogen-bond donors (Lipinski definition) is 1. The Bertz CT molecular complexity index is 895. The van der Waals surface area contributed by atoms with Crippen molar-refractivity contribution in [1.29, 1.82) is 0 Å². The van der Waals surface area contributed by atoms with Crippen LogP contribution < -0.4 is 24.3 Å². The maximum atomic E-state index is 5.88. The van der Waals surface area contributed by atoms with Gasteiger partial charge in [0.2, 0.25) is 6.79 Å². The molecule has 0 atom stereocenters. The normalized spacial score (nSPS) is 12.2. The van der Waals surface area contributed by atoms with E-state index in [0.717, 1.165) is 47.2 Å². The molecule has 3 aromatic rings. The van der Waals surface area contributed by atoms with E-state index in [9.17, 15) is 0 Å². The minimum absolute atomic E-state index is 0.299. The van der Waals surface area contributed by atoms with Gasteiger partial charge in [0, 0.05) is 18.0 Å². The zero-order chi connectivity index (χ0) is 18.5. The smallest absolute Gasteiger partial charge is 0.231 e. The highest BCUT2D eigenvalue weighted by molar-refractivity contribution is 7.09. The highest BCUT2D eigenvalue weighted by atomic mass is 32.1. The van der Waals surface area contributed by atoms with Gasteiger partial charge in [-0.15, -0.1) is 11.3 Å². The van der Waals surface area contributed by atoms with Crippen molar-refractivity contribution < 1.29 is 18.9 Å². The number of nitrogens with one attached hydrogen (secondary N) is 1. The maximum absolute atomic E-state index is 5.88. The third-order valence-electron chi connectivity index (χ3n) is 4.27. The Labute approximate surface area is 162 Å². The molecule has 4 rings (SSSR count). The second-order valence-corrected chi connectivity index (χ2v) is 7.18. The summed E-state index contributed by atoms with van der Waals surface area (Å²) in [6.45, 7) is 2.33. The number of ether oxygens (including phenoxy) is 4. The van der Waals surface area contributed by atoms with E-state index in [1.807, 2.05) is 41.8 Å². The molecular formula is C21H21NO4S. The monoisotopic (exact) mass is 383 g/mol. The largest absolute Gasteiger partial charge is 0.493 e. The van der Waals surface area contributed by atoms with Crippen molar-refractivity contribution in [1.82, 2.24) is 5.32 Å². The molecule has 6 heteroatoms. The van der Waals surface area contributed by atoms with Gasteiger partial charge in [0.25, 0.3) is 0 Å². The van der Waals surface area contributed by atoms with Crippen LogP contribution in [0.4, 0.5) is 0 Å². The van der Waals surface area contributed by atoms with E-state index in [1.165, 1.54) is 4.88 Å². The minimum atomic E-state index is 0.299. The Hall–Kier alpha value is -2.70. The van der Waals surface area contributed by atoms with Crippen LogP contribution in [0.3, 0.4) is 0 Å². The zero-order valence-electron chi connectivity index (χ0n) is 15.1. The SMILES string of the molecule is COc1cc(CNCc2ccc3c(c2)OCO3)ccc1OCc1cccs1. The van der Waals surface area contributed by atoms with Crippen LogP contribution in [-0.2, 0) is 19.7 Å². The average molecular weight is 383 g/mol. The molecule has 140 valence electrons. The van der Waals surface area contributed by atoms with Gasteiger partial charge in [-0.2, -0.15) is 0 Å². The van der Waals surface area contributed by atoms with E-state index in [1.54, 1.807) is 18.4 Å². The molecule has 1 aromatic heterocycles. The van der Waals surface area contributed by atoms with E-state index < -0.39 is 0 Å². The molecule has 1 aliphatic rings. The summed E-state index contributed by atoms with van der Waals surface area (Å²) in [5.74, 6) is 3.11. The fourth-order valence-electron chi connectivity index (χ4n) is 2.89. The first kappa shape index (κ1) is 17.7. The molecule has 27 heavy (non-hydrogen) atoms. The van der Waals surface area contributed by atoms with E-state index in [-0.39, 0.29) is 0 Å². The molecule has 0 saturated carbocycles. The van der Waals surface area contributed by atoms with Crippen molar-refractivity contribution in [2.75, 3.05) is 13.9 Å². The second kappa shape index (κ2) is 8.33. The number of thiophene rings is 1. The summed E-state index contributed by atoms with van der Waals surface area (Å²) in [6, 6.07) is 16.1. The molecular weight excluding hydrogens is 362 g/mol. The molecule has 2 heterocycles. The zero-order valence-corrected chi connectivity index (χ0v) is 15.9. The third-order valence-corrected chi connectivity index (χ3v) is 5.12. The highest BCUT2D eigenvalue weighted by Crippen LogP contribution is 2.32. The van der Waals surface area contributed by atoms with Gasteiger partial charge in [-0.3, -0.25) is 0 Å². The summed E-state index contributed by atoms with van der Waals surface area (Å²) in [6.07, 6.45) is 0. The van der Waals surface area contributed by atoms with Crippen molar-refractivity contribution in [2.45, 2.75) is 19.7 Å². The van der Waals surface area contributed by atoms with E-state index in [4.69, 9.17) is 18.9 Å². The second-order valence-electron chi connectivity index (χ2n) is 6.14. The summed E-state index contributed by atoms with van der Waals surface area (Å²) < 4.78 is 22.1. The van der Waals surface area contributed by atoms with Crippen LogP contribution in [0.15, 0.2) is 53.9 Å². The van der Waals surface area contributed by atoms with Crippen molar-refractivity contribution in [2.24, 2.45) is 0 Å². The standard InChI is InChI=1S/C21H21NO4S/c1-23-20-9-15(4-6-18(20)24-13-17-3-2-8-27-17)11-22-12-16-5-7-19-21(10-16)26-14-25-19/h2-10,22H,11-14H2,1H3. The lowest BCUT2D eigenvalue weighted by atomic mass is 10.1. The average Bonchev–Trinajstić information content (AvgIpc) is 3.38. The molecule has 1 aliphatic heterocycles. The summed E-state index contributed by atoms with van der Waals surface area (Å²) in [5.41, 5.74) is 2.29. The maximum Gasteiger partial charge on any atom is 0.231 e.